The summed E-state index contributed by atoms with van der Waals surface area (Å²) in [6.07, 6.45) is 1.55. The van der Waals surface area contributed by atoms with Crippen LogP contribution in [0.25, 0.3) is 0 Å². The summed E-state index contributed by atoms with van der Waals surface area (Å²) < 4.78 is 51.7. The molecule has 5 atom stereocenters. The van der Waals surface area contributed by atoms with E-state index in [0.29, 0.717) is 16.5 Å². The van der Waals surface area contributed by atoms with Crippen molar-refractivity contribution in [2.24, 2.45) is 10.9 Å². The third kappa shape index (κ3) is 4.22. The molecule has 0 amide bonds. The molecular formula is C27H26ClF3N4O4S. The number of rotatable bonds is 8. The topological polar surface area (TPSA) is 104 Å². The molecule has 3 aliphatic heterocycles. The minimum Gasteiger partial charge on any atom is -0.481 e. The number of hydrogen-bond acceptors (Lipinski definition) is 8. The predicted octanol–water partition coefficient (Wildman–Crippen LogP) is 4.60. The van der Waals surface area contributed by atoms with Gasteiger partial charge < -0.3 is 15.2 Å². The first-order valence-electron chi connectivity index (χ1n) is 13.0. The number of aromatic nitrogens is 1. The van der Waals surface area contributed by atoms with Crippen molar-refractivity contribution in [1.82, 2.24) is 15.2 Å². The molecule has 0 spiro atoms. The quantitative estimate of drug-likeness (QED) is 0.431. The van der Waals surface area contributed by atoms with Crippen molar-refractivity contribution in [1.29, 1.82) is 0 Å². The number of thiazole rings is 1. The van der Waals surface area contributed by atoms with Crippen LogP contribution in [0.2, 0.25) is 5.02 Å². The highest BCUT2D eigenvalue weighted by Crippen LogP contribution is 2.70. The molecule has 2 aromatic rings. The van der Waals surface area contributed by atoms with Crippen LogP contribution in [0.3, 0.4) is 0 Å². The minimum absolute atomic E-state index is 0.0509. The number of aliphatic carboxylic acids is 1. The van der Waals surface area contributed by atoms with Gasteiger partial charge in [-0.3, -0.25) is 14.7 Å². The van der Waals surface area contributed by atoms with Crippen LogP contribution in [0, 0.1) is 11.7 Å². The lowest BCUT2D eigenvalue weighted by Crippen LogP contribution is -2.52. The van der Waals surface area contributed by atoms with Crippen LogP contribution in [0.15, 0.2) is 46.0 Å². The lowest BCUT2D eigenvalue weighted by Gasteiger charge is -2.42. The van der Waals surface area contributed by atoms with Crippen molar-refractivity contribution in [2.75, 3.05) is 13.2 Å². The maximum absolute atomic E-state index is 15.9. The van der Waals surface area contributed by atoms with E-state index in [4.69, 9.17) is 16.3 Å². The lowest BCUT2D eigenvalue weighted by molar-refractivity contribution is -0.140. The monoisotopic (exact) mass is 594 g/mol. The molecule has 8 nitrogen and oxygen atoms in total. The average Bonchev–Trinajstić information content (AvgIpc) is 3.19. The van der Waals surface area contributed by atoms with Crippen LogP contribution in [0.4, 0.5) is 13.2 Å². The number of halogens is 4. The van der Waals surface area contributed by atoms with Crippen LogP contribution in [-0.2, 0) is 14.3 Å². The largest absolute Gasteiger partial charge is 0.481 e. The number of carbonyl (C=O) groups is 2. The normalized spacial score (nSPS) is 32.8. The van der Waals surface area contributed by atoms with Gasteiger partial charge in [0.15, 0.2) is 22.2 Å². The van der Waals surface area contributed by atoms with Crippen molar-refractivity contribution in [2.45, 2.75) is 62.1 Å². The molecule has 1 aliphatic carbocycles. The molecule has 212 valence electrons. The number of piperidine rings is 2. The molecule has 4 heterocycles. The van der Waals surface area contributed by atoms with E-state index in [0.717, 1.165) is 0 Å². The zero-order valence-corrected chi connectivity index (χ0v) is 22.9. The fraction of sp³-hybridized carbons (Fsp3) is 0.481. The Kier molecular flexibility index (Phi) is 6.70. The van der Waals surface area contributed by atoms with E-state index >= 15 is 8.78 Å². The van der Waals surface area contributed by atoms with Gasteiger partial charge in [0.1, 0.15) is 11.9 Å². The molecule has 1 aromatic heterocycles. The van der Waals surface area contributed by atoms with Crippen LogP contribution in [-0.4, -0.2) is 69.3 Å². The third-order valence-corrected chi connectivity index (χ3v) is 9.57. The van der Waals surface area contributed by atoms with Gasteiger partial charge in [0.2, 0.25) is 0 Å². The number of carbonyl (C=O) groups excluding carboxylic acids is 1. The summed E-state index contributed by atoms with van der Waals surface area (Å²) in [6, 6.07) is 1.41. The number of nitrogens with one attached hydrogen (secondary N) is 1. The van der Waals surface area contributed by atoms with Gasteiger partial charge in [0, 0.05) is 54.3 Å². The van der Waals surface area contributed by atoms with Gasteiger partial charge in [-0.2, -0.15) is 0 Å². The Balaban J connectivity index is 1.44. The first-order chi connectivity index (χ1) is 19.1. The Morgan fingerprint density at radius 2 is 2.00 bits per heavy atom. The highest BCUT2D eigenvalue weighted by atomic mass is 35.5. The second-order valence-electron chi connectivity index (χ2n) is 10.6. The maximum atomic E-state index is 15.9. The molecule has 5 unspecified atom stereocenters. The predicted molar refractivity (Wildman–Crippen MR) is 141 cm³/mol. The molecule has 2 saturated heterocycles. The van der Waals surface area contributed by atoms with E-state index in [2.05, 4.69) is 15.3 Å². The molecule has 13 heteroatoms. The summed E-state index contributed by atoms with van der Waals surface area (Å²) in [5.41, 5.74) is -3.59. The number of hydrogen-bond donors (Lipinski definition) is 2. The van der Waals surface area contributed by atoms with Crippen molar-refractivity contribution in [3.8, 4) is 0 Å². The number of amidine groups is 1. The van der Waals surface area contributed by atoms with Gasteiger partial charge in [-0.15, -0.1) is 11.3 Å². The van der Waals surface area contributed by atoms with Crippen molar-refractivity contribution in [3.63, 3.8) is 0 Å². The molecule has 2 N–H and O–H groups in total. The lowest BCUT2D eigenvalue weighted by atomic mass is 9.84. The zero-order chi connectivity index (χ0) is 28.4. The second-order valence-corrected chi connectivity index (χ2v) is 11.9. The number of fused-ring (bicyclic) bond motifs is 5. The molecule has 2 bridgehead atoms. The van der Waals surface area contributed by atoms with Gasteiger partial charge in [-0.1, -0.05) is 23.7 Å². The zero-order valence-electron chi connectivity index (χ0n) is 21.4. The van der Waals surface area contributed by atoms with Gasteiger partial charge in [-0.05, 0) is 31.7 Å². The van der Waals surface area contributed by atoms with Crippen molar-refractivity contribution >= 4 is 40.7 Å². The van der Waals surface area contributed by atoms with Crippen LogP contribution in [0.1, 0.15) is 49.2 Å². The Hall–Kier alpha value is -2.96. The number of nitrogens with zero attached hydrogens (tertiary/aromatic N) is 3. The Morgan fingerprint density at radius 1 is 1.27 bits per heavy atom. The van der Waals surface area contributed by atoms with E-state index in [9.17, 15) is 19.1 Å². The molecule has 40 heavy (non-hydrogen) atoms. The summed E-state index contributed by atoms with van der Waals surface area (Å²) >= 11 is 7.64. The SMILES string of the molecule is CCOC(=O)C1=C(CN2C3CC(CC(=O)O)CC2C2(F)CC32F)NC(c2nccs2)=NC1c1cccc(F)c1Cl. The summed E-state index contributed by atoms with van der Waals surface area (Å²) in [5.74, 6) is -2.48. The summed E-state index contributed by atoms with van der Waals surface area (Å²) in [6.45, 7) is 1.63. The van der Waals surface area contributed by atoms with Crippen LogP contribution >= 0.6 is 22.9 Å². The Bertz CT molecular complexity index is 1410. The molecule has 3 fully saturated rings. The van der Waals surface area contributed by atoms with Crippen molar-refractivity contribution in [3.05, 3.63) is 62.5 Å². The molecule has 1 aromatic carbocycles. The Morgan fingerprint density at radius 3 is 2.62 bits per heavy atom. The number of aliphatic imine (C=N–C) groups is 1. The fourth-order valence-corrected chi connectivity index (χ4v) is 7.44. The van der Waals surface area contributed by atoms with E-state index < -0.39 is 47.2 Å². The minimum atomic E-state index is -2.08. The van der Waals surface area contributed by atoms with E-state index in [1.165, 1.54) is 23.5 Å². The number of alkyl halides is 2. The van der Waals surface area contributed by atoms with Crippen LogP contribution < -0.4 is 5.32 Å². The smallest absolute Gasteiger partial charge is 0.338 e. The molecule has 6 rings (SSSR count). The number of carboxylic acid groups (broad SMARTS) is 1. The highest BCUT2D eigenvalue weighted by molar-refractivity contribution is 7.11. The molecule has 4 aliphatic rings. The van der Waals surface area contributed by atoms with E-state index in [-0.39, 0.29) is 60.9 Å². The number of esters is 1. The van der Waals surface area contributed by atoms with Crippen molar-refractivity contribution < 1.29 is 32.6 Å². The number of carboxylic acids is 1. The number of benzene rings is 1. The van der Waals surface area contributed by atoms with Gasteiger partial charge in [0.25, 0.3) is 0 Å². The molecule has 0 radical (unpaired) electrons. The molecular weight excluding hydrogens is 569 g/mol. The fourth-order valence-electron chi connectivity index (χ4n) is 6.63. The maximum Gasteiger partial charge on any atom is 0.338 e. The first-order valence-corrected chi connectivity index (χ1v) is 14.3. The summed E-state index contributed by atoms with van der Waals surface area (Å²) in [7, 11) is 0. The Labute approximate surface area is 236 Å². The standard InChI is InChI=1S/C27H26ClF3N4O4S/c1-2-39-25(38)20-16(11-35-17-8-13(10-19(36)37)9-18(35)27(31)12-26(17,27)30)33-23(24-32-6-7-40-24)34-22(20)14-4-3-5-15(29)21(14)28/h3-7,13,17-18,22H,2,8-12H2,1H3,(H,33,34)(H,36,37). The summed E-state index contributed by atoms with van der Waals surface area (Å²) in [4.78, 5) is 35.5. The van der Waals surface area contributed by atoms with E-state index in [1.54, 1.807) is 29.5 Å². The van der Waals surface area contributed by atoms with Gasteiger partial charge in [0.05, 0.1) is 17.2 Å². The summed E-state index contributed by atoms with van der Waals surface area (Å²) in [5, 5.41) is 14.5. The second kappa shape index (κ2) is 9.85. The first kappa shape index (κ1) is 27.2. The third-order valence-electron chi connectivity index (χ3n) is 8.39. The van der Waals surface area contributed by atoms with Gasteiger partial charge >= 0.3 is 11.9 Å². The van der Waals surface area contributed by atoms with E-state index in [1.807, 2.05) is 0 Å². The molecule has 1 saturated carbocycles. The van der Waals surface area contributed by atoms with Crippen LogP contribution in [0.5, 0.6) is 0 Å². The average molecular weight is 595 g/mol. The highest BCUT2D eigenvalue weighted by Gasteiger charge is 2.85. The number of ether oxygens (including phenoxy) is 1. The van der Waals surface area contributed by atoms with Gasteiger partial charge in [-0.25, -0.2) is 22.9 Å².